The summed E-state index contributed by atoms with van der Waals surface area (Å²) in [5.74, 6) is 0.776. The number of piperidine rings is 1. The van der Waals surface area contributed by atoms with E-state index in [1.54, 1.807) is 0 Å². The molecule has 0 aromatic rings. The molecule has 0 aromatic carbocycles. The van der Waals surface area contributed by atoms with E-state index < -0.39 is 12.2 Å². The smallest absolute Gasteiger partial charge is 0.109 e. The van der Waals surface area contributed by atoms with Crippen molar-refractivity contribution in [3.63, 3.8) is 0 Å². The van der Waals surface area contributed by atoms with Gasteiger partial charge in [0.2, 0.25) is 0 Å². The first-order valence-corrected chi connectivity index (χ1v) is 9.61. The van der Waals surface area contributed by atoms with E-state index in [1.807, 2.05) is 0 Å². The molecule has 4 atom stereocenters. The van der Waals surface area contributed by atoms with Crippen LogP contribution in [-0.4, -0.2) is 71.7 Å². The van der Waals surface area contributed by atoms with E-state index in [9.17, 15) is 10.2 Å². The van der Waals surface area contributed by atoms with Crippen LogP contribution in [0.25, 0.3) is 0 Å². The molecule has 3 rings (SSSR count). The Bertz CT molecular complexity index is 354. The van der Waals surface area contributed by atoms with Crippen LogP contribution in [0.2, 0.25) is 0 Å². The largest absolute Gasteiger partial charge is 0.394 e. The third-order valence-corrected chi connectivity index (χ3v) is 6.09. The second-order valence-electron chi connectivity index (χ2n) is 7.84. The molecule has 3 fully saturated rings. The van der Waals surface area contributed by atoms with Gasteiger partial charge in [0.15, 0.2) is 0 Å². The number of nitrogens with zero attached hydrogens (tertiary/aromatic N) is 1. The second kappa shape index (κ2) is 8.26. The summed E-state index contributed by atoms with van der Waals surface area (Å²) in [5, 5.41) is 23.8. The van der Waals surface area contributed by atoms with Crippen molar-refractivity contribution in [2.24, 2.45) is 5.92 Å². The Labute approximate surface area is 140 Å². The summed E-state index contributed by atoms with van der Waals surface area (Å²) in [6.45, 7) is 5.06. The highest BCUT2D eigenvalue weighted by Crippen LogP contribution is 2.29. The van der Waals surface area contributed by atoms with E-state index in [1.165, 1.54) is 44.9 Å². The maximum Gasteiger partial charge on any atom is 0.109 e. The average molecular weight is 326 g/mol. The van der Waals surface area contributed by atoms with Gasteiger partial charge in [-0.05, 0) is 44.7 Å². The van der Waals surface area contributed by atoms with Crippen molar-refractivity contribution in [1.29, 1.82) is 0 Å². The van der Waals surface area contributed by atoms with E-state index in [0.29, 0.717) is 6.04 Å². The number of hydrogen-bond acceptors (Lipinski definition) is 5. The van der Waals surface area contributed by atoms with Crippen LogP contribution in [0.4, 0.5) is 0 Å². The van der Waals surface area contributed by atoms with Crippen LogP contribution >= 0.6 is 0 Å². The zero-order valence-corrected chi connectivity index (χ0v) is 14.5. The van der Waals surface area contributed by atoms with Gasteiger partial charge in [-0.2, -0.15) is 0 Å². The molecule has 0 amide bonds. The molecule has 2 aliphatic heterocycles. The van der Waals surface area contributed by atoms with Crippen molar-refractivity contribution in [2.45, 2.75) is 82.3 Å². The maximum absolute atomic E-state index is 10.6. The Morgan fingerprint density at radius 2 is 1.74 bits per heavy atom. The Morgan fingerprint density at radius 3 is 2.39 bits per heavy atom. The van der Waals surface area contributed by atoms with Gasteiger partial charge < -0.3 is 20.3 Å². The first kappa shape index (κ1) is 17.6. The first-order chi connectivity index (χ1) is 11.2. The third kappa shape index (κ3) is 4.26. The Kier molecular flexibility index (Phi) is 6.32. The molecular formula is C18H34N2O3. The van der Waals surface area contributed by atoms with Crippen LogP contribution in [0, 0.1) is 5.92 Å². The normalized spacial score (nSPS) is 38.2. The molecule has 2 saturated heterocycles. The number of aliphatic hydroxyl groups is 2. The van der Waals surface area contributed by atoms with Gasteiger partial charge in [0.1, 0.15) is 12.2 Å². The first-order valence-electron chi connectivity index (χ1n) is 9.61. The quantitative estimate of drug-likeness (QED) is 0.707. The van der Waals surface area contributed by atoms with Crippen LogP contribution in [0.15, 0.2) is 0 Å². The summed E-state index contributed by atoms with van der Waals surface area (Å²) >= 11 is 0. The summed E-state index contributed by atoms with van der Waals surface area (Å²) < 4.78 is 6.00. The predicted octanol–water partition coefficient (Wildman–Crippen LogP) is 1.13. The third-order valence-electron chi connectivity index (χ3n) is 6.09. The van der Waals surface area contributed by atoms with Crippen LogP contribution in [-0.2, 0) is 4.74 Å². The molecule has 1 saturated carbocycles. The molecule has 0 unspecified atom stereocenters. The summed E-state index contributed by atoms with van der Waals surface area (Å²) in [4.78, 5) is 2.40. The SMILES string of the molecule is CC1CCN([C@@H]2[C@H](O)[C@H](CO)O[C@@H]2CNC2CCCCC2)CC1. The van der Waals surface area contributed by atoms with Crippen LogP contribution in [0.3, 0.4) is 0 Å². The molecular weight excluding hydrogens is 292 g/mol. The predicted molar refractivity (Wildman–Crippen MR) is 90.4 cm³/mol. The molecule has 5 nitrogen and oxygen atoms in total. The molecule has 3 N–H and O–H groups in total. The molecule has 0 aromatic heterocycles. The average Bonchev–Trinajstić information content (AvgIpc) is 2.90. The fourth-order valence-electron chi connectivity index (χ4n) is 4.51. The summed E-state index contributed by atoms with van der Waals surface area (Å²) in [6, 6.07) is 0.621. The fourth-order valence-corrected chi connectivity index (χ4v) is 4.51. The van der Waals surface area contributed by atoms with Crippen molar-refractivity contribution in [1.82, 2.24) is 10.2 Å². The molecule has 0 spiro atoms. The van der Waals surface area contributed by atoms with E-state index in [-0.39, 0.29) is 18.8 Å². The van der Waals surface area contributed by atoms with Crippen molar-refractivity contribution < 1.29 is 14.9 Å². The summed E-state index contributed by atoms with van der Waals surface area (Å²) in [5.41, 5.74) is 0. The van der Waals surface area contributed by atoms with Gasteiger partial charge in [-0.15, -0.1) is 0 Å². The lowest BCUT2D eigenvalue weighted by atomic mass is 9.93. The number of rotatable bonds is 5. The molecule has 3 aliphatic rings. The molecule has 5 heteroatoms. The lowest BCUT2D eigenvalue weighted by molar-refractivity contribution is -0.0220. The van der Waals surface area contributed by atoms with Crippen LogP contribution < -0.4 is 5.32 Å². The molecule has 1 aliphatic carbocycles. The highest BCUT2D eigenvalue weighted by Gasteiger charge is 2.46. The summed E-state index contributed by atoms with van der Waals surface area (Å²) in [6.07, 6.45) is 7.86. The van der Waals surface area contributed by atoms with E-state index >= 15 is 0 Å². The second-order valence-corrected chi connectivity index (χ2v) is 7.84. The van der Waals surface area contributed by atoms with Gasteiger partial charge in [-0.25, -0.2) is 0 Å². The lowest BCUT2D eigenvalue weighted by Gasteiger charge is -2.38. The number of ether oxygens (including phenoxy) is 1. The standard InChI is InChI=1S/C18H34N2O3/c1-13-7-9-20(10-8-13)17-15(23-16(12-21)18(17)22)11-19-14-5-3-2-4-6-14/h13-19,21-22H,2-12H2,1H3/t15-,16+,17+,18-/m1/s1. The van der Waals surface area contributed by atoms with Crippen molar-refractivity contribution >= 4 is 0 Å². The van der Waals surface area contributed by atoms with Crippen molar-refractivity contribution in [3.05, 3.63) is 0 Å². The van der Waals surface area contributed by atoms with Crippen molar-refractivity contribution in [3.8, 4) is 0 Å². The number of hydrogen-bond donors (Lipinski definition) is 3. The number of likely N-dealkylation sites (tertiary alicyclic amines) is 1. The summed E-state index contributed by atoms with van der Waals surface area (Å²) in [7, 11) is 0. The van der Waals surface area contributed by atoms with E-state index in [0.717, 1.165) is 25.6 Å². The Hall–Kier alpha value is -0.200. The van der Waals surface area contributed by atoms with Gasteiger partial charge >= 0.3 is 0 Å². The molecule has 0 radical (unpaired) electrons. The Morgan fingerprint density at radius 1 is 1.04 bits per heavy atom. The van der Waals surface area contributed by atoms with E-state index in [4.69, 9.17) is 4.74 Å². The van der Waals surface area contributed by atoms with Gasteiger partial charge in [-0.1, -0.05) is 26.2 Å². The molecule has 0 bridgehead atoms. The maximum atomic E-state index is 10.6. The minimum atomic E-state index is -0.577. The highest BCUT2D eigenvalue weighted by atomic mass is 16.5. The molecule has 2 heterocycles. The van der Waals surface area contributed by atoms with E-state index in [2.05, 4.69) is 17.1 Å². The van der Waals surface area contributed by atoms with Crippen LogP contribution in [0.5, 0.6) is 0 Å². The van der Waals surface area contributed by atoms with Gasteiger partial charge in [0.05, 0.1) is 18.8 Å². The Balaban J connectivity index is 1.58. The van der Waals surface area contributed by atoms with Crippen molar-refractivity contribution in [2.75, 3.05) is 26.2 Å². The van der Waals surface area contributed by atoms with Gasteiger partial charge in [-0.3, -0.25) is 4.90 Å². The highest BCUT2D eigenvalue weighted by molar-refractivity contribution is 4.99. The van der Waals surface area contributed by atoms with Gasteiger partial charge in [0, 0.05) is 12.6 Å². The minimum Gasteiger partial charge on any atom is -0.394 e. The fraction of sp³-hybridized carbons (Fsp3) is 1.00. The number of nitrogens with one attached hydrogen (secondary N) is 1. The van der Waals surface area contributed by atoms with Gasteiger partial charge in [0.25, 0.3) is 0 Å². The molecule has 134 valence electrons. The number of aliphatic hydroxyl groups excluding tert-OH is 2. The zero-order chi connectivity index (χ0) is 16.2. The molecule has 23 heavy (non-hydrogen) atoms. The minimum absolute atomic E-state index is 0.0162. The topological polar surface area (TPSA) is 65.0 Å². The zero-order valence-electron chi connectivity index (χ0n) is 14.5. The van der Waals surface area contributed by atoms with Crippen LogP contribution in [0.1, 0.15) is 51.9 Å². The monoisotopic (exact) mass is 326 g/mol. The lowest BCUT2D eigenvalue weighted by Crippen LogP contribution is -2.53.